The Kier molecular flexibility index (Phi) is 4.56. The average molecular weight is 362 g/mol. The number of aromatic nitrogens is 1. The minimum absolute atomic E-state index is 0.201. The van der Waals surface area contributed by atoms with E-state index >= 15 is 0 Å². The smallest absolute Gasteiger partial charge is 0.257 e. The largest absolute Gasteiger partial charge is 0.308 e. The van der Waals surface area contributed by atoms with Gasteiger partial charge in [-0.1, -0.05) is 46.7 Å². The predicted molar refractivity (Wildman–Crippen MR) is 99.5 cm³/mol. The fourth-order valence-corrected chi connectivity index (χ4v) is 3.48. The summed E-state index contributed by atoms with van der Waals surface area (Å²) in [6.45, 7) is 1.93. The monoisotopic (exact) mass is 361 g/mol. The van der Waals surface area contributed by atoms with Crippen LogP contribution in [0.5, 0.6) is 0 Å². The number of halogens is 1. The Morgan fingerprint density at radius 2 is 2.04 bits per heavy atom. The molecule has 1 aromatic heterocycles. The number of anilines is 1. The summed E-state index contributed by atoms with van der Waals surface area (Å²) in [4.78, 5) is 16.5. The zero-order valence-electron chi connectivity index (χ0n) is 12.1. The molecule has 116 valence electrons. The number of hydrogen-bond donors (Lipinski definition) is 2. The second kappa shape index (κ2) is 6.62. The number of aryl methyl sites for hydroxylation is 1. The number of nitrogens with one attached hydrogen (secondary N) is 2. The van der Waals surface area contributed by atoms with Crippen LogP contribution in [0.15, 0.2) is 42.5 Å². The second-order valence-corrected chi connectivity index (χ2v) is 6.73. The third kappa shape index (κ3) is 3.67. The van der Waals surface area contributed by atoms with Crippen LogP contribution in [0.1, 0.15) is 15.9 Å². The highest BCUT2D eigenvalue weighted by atomic mass is 35.5. The lowest BCUT2D eigenvalue weighted by atomic mass is 10.1. The molecule has 0 radical (unpaired) electrons. The molecule has 0 spiro atoms. The van der Waals surface area contributed by atoms with Gasteiger partial charge in [0.15, 0.2) is 10.2 Å². The number of amides is 1. The first-order chi connectivity index (χ1) is 11.0. The van der Waals surface area contributed by atoms with Gasteiger partial charge in [0.1, 0.15) is 5.52 Å². The molecular weight excluding hydrogens is 350 g/mol. The maximum atomic E-state index is 12.1. The van der Waals surface area contributed by atoms with Gasteiger partial charge in [0.05, 0.1) is 9.72 Å². The van der Waals surface area contributed by atoms with Gasteiger partial charge < -0.3 is 5.32 Å². The van der Waals surface area contributed by atoms with E-state index in [1.165, 1.54) is 11.3 Å². The van der Waals surface area contributed by atoms with E-state index in [1.54, 1.807) is 18.2 Å². The standard InChI is InChI=1S/C16H12ClN3OS2/c1-9-4-2-5-10(8-9)14(21)19-15(22)20-16-18-13-11(17)6-3-7-12(13)23-16/h2-8H,1H3,(H2,18,19,20,21,22). The van der Waals surface area contributed by atoms with Crippen molar-refractivity contribution in [3.8, 4) is 0 Å². The van der Waals surface area contributed by atoms with E-state index in [-0.39, 0.29) is 11.0 Å². The molecule has 0 aliphatic carbocycles. The van der Waals surface area contributed by atoms with Crippen molar-refractivity contribution in [3.05, 3.63) is 58.6 Å². The van der Waals surface area contributed by atoms with Crippen molar-refractivity contribution in [2.45, 2.75) is 6.92 Å². The van der Waals surface area contributed by atoms with E-state index < -0.39 is 0 Å². The van der Waals surface area contributed by atoms with Crippen LogP contribution in [-0.4, -0.2) is 16.0 Å². The molecule has 0 saturated carbocycles. The lowest BCUT2D eigenvalue weighted by molar-refractivity contribution is 0.0977. The first-order valence-electron chi connectivity index (χ1n) is 6.77. The number of carbonyl (C=O) groups excluding carboxylic acids is 1. The fourth-order valence-electron chi connectivity index (χ4n) is 2.06. The molecule has 2 N–H and O–H groups in total. The molecule has 0 saturated heterocycles. The van der Waals surface area contributed by atoms with Gasteiger partial charge in [0.25, 0.3) is 5.91 Å². The van der Waals surface area contributed by atoms with Gasteiger partial charge in [-0.2, -0.15) is 0 Å². The van der Waals surface area contributed by atoms with Crippen LogP contribution in [-0.2, 0) is 0 Å². The number of rotatable bonds is 2. The third-order valence-corrected chi connectivity index (χ3v) is 4.54. The highest BCUT2D eigenvalue weighted by Crippen LogP contribution is 2.30. The number of thiazole rings is 1. The quantitative estimate of drug-likeness (QED) is 0.665. The van der Waals surface area contributed by atoms with Crippen LogP contribution < -0.4 is 10.6 Å². The molecule has 0 atom stereocenters. The Labute approximate surface area is 147 Å². The van der Waals surface area contributed by atoms with Crippen molar-refractivity contribution in [1.82, 2.24) is 10.3 Å². The summed E-state index contributed by atoms with van der Waals surface area (Å²) in [5.74, 6) is -0.259. The number of carbonyl (C=O) groups is 1. The van der Waals surface area contributed by atoms with E-state index in [9.17, 15) is 4.79 Å². The van der Waals surface area contributed by atoms with Crippen molar-refractivity contribution in [1.29, 1.82) is 0 Å². The van der Waals surface area contributed by atoms with Crippen LogP contribution in [0.4, 0.5) is 5.13 Å². The first-order valence-corrected chi connectivity index (χ1v) is 8.37. The summed E-state index contributed by atoms with van der Waals surface area (Å²) in [7, 11) is 0. The number of para-hydroxylation sites is 1. The summed E-state index contributed by atoms with van der Waals surface area (Å²) in [5, 5.41) is 6.94. The van der Waals surface area contributed by atoms with Crippen LogP contribution >= 0.6 is 35.2 Å². The topological polar surface area (TPSA) is 54.0 Å². The molecule has 0 aliphatic heterocycles. The molecule has 3 rings (SSSR count). The fraction of sp³-hybridized carbons (Fsp3) is 0.0625. The summed E-state index contributed by atoms with van der Waals surface area (Å²) < 4.78 is 0.952. The number of hydrogen-bond acceptors (Lipinski definition) is 4. The van der Waals surface area contributed by atoms with Gasteiger partial charge in [0, 0.05) is 5.56 Å². The van der Waals surface area contributed by atoms with Crippen molar-refractivity contribution in [3.63, 3.8) is 0 Å². The SMILES string of the molecule is Cc1cccc(C(=O)NC(=S)Nc2nc3c(Cl)cccc3s2)c1. The zero-order valence-corrected chi connectivity index (χ0v) is 14.5. The maximum absolute atomic E-state index is 12.1. The molecule has 3 aromatic rings. The zero-order chi connectivity index (χ0) is 16.4. The Hall–Kier alpha value is -2.02. The van der Waals surface area contributed by atoms with Gasteiger partial charge in [0.2, 0.25) is 0 Å². The second-order valence-electron chi connectivity index (χ2n) is 4.88. The lowest BCUT2D eigenvalue weighted by Gasteiger charge is -2.07. The highest BCUT2D eigenvalue weighted by Gasteiger charge is 2.11. The van der Waals surface area contributed by atoms with Crippen LogP contribution in [0.25, 0.3) is 10.2 Å². The van der Waals surface area contributed by atoms with Crippen molar-refractivity contribution in [2.24, 2.45) is 0 Å². The van der Waals surface area contributed by atoms with Gasteiger partial charge in [-0.15, -0.1) is 0 Å². The first kappa shape index (κ1) is 15.9. The molecule has 0 unspecified atom stereocenters. The van der Waals surface area contributed by atoms with E-state index in [1.807, 2.05) is 31.2 Å². The van der Waals surface area contributed by atoms with Crippen molar-refractivity contribution < 1.29 is 4.79 Å². The average Bonchev–Trinajstić information content (AvgIpc) is 2.91. The summed E-state index contributed by atoms with van der Waals surface area (Å²) in [5.41, 5.74) is 2.29. The molecule has 1 amide bonds. The lowest BCUT2D eigenvalue weighted by Crippen LogP contribution is -2.34. The normalized spacial score (nSPS) is 10.5. The van der Waals surface area contributed by atoms with Gasteiger partial charge in [-0.05, 0) is 43.4 Å². The van der Waals surface area contributed by atoms with Crippen molar-refractivity contribution in [2.75, 3.05) is 5.32 Å². The Morgan fingerprint density at radius 3 is 2.78 bits per heavy atom. The van der Waals surface area contributed by atoms with Gasteiger partial charge in [-0.25, -0.2) is 4.98 Å². The molecule has 0 bridgehead atoms. The Bertz CT molecular complexity index is 907. The molecule has 23 heavy (non-hydrogen) atoms. The molecular formula is C16H12ClN3OS2. The predicted octanol–water partition coefficient (Wildman–Crippen LogP) is 4.38. The molecule has 0 aliphatic rings. The minimum atomic E-state index is -0.259. The maximum Gasteiger partial charge on any atom is 0.257 e. The van der Waals surface area contributed by atoms with Gasteiger partial charge in [-0.3, -0.25) is 10.1 Å². The highest BCUT2D eigenvalue weighted by molar-refractivity contribution is 7.80. The van der Waals surface area contributed by atoms with E-state index in [2.05, 4.69) is 15.6 Å². The molecule has 1 heterocycles. The summed E-state index contributed by atoms with van der Waals surface area (Å²) in [6.07, 6.45) is 0. The summed E-state index contributed by atoms with van der Waals surface area (Å²) in [6, 6.07) is 12.9. The Balaban J connectivity index is 1.71. The van der Waals surface area contributed by atoms with Gasteiger partial charge >= 0.3 is 0 Å². The third-order valence-electron chi connectivity index (χ3n) is 3.10. The number of fused-ring (bicyclic) bond motifs is 1. The molecule has 2 aromatic carbocycles. The van der Waals surface area contributed by atoms with E-state index in [0.717, 1.165) is 15.8 Å². The van der Waals surface area contributed by atoms with Crippen LogP contribution in [0.3, 0.4) is 0 Å². The van der Waals surface area contributed by atoms with E-state index in [4.69, 9.17) is 23.8 Å². The molecule has 0 fully saturated rings. The van der Waals surface area contributed by atoms with Crippen molar-refractivity contribution >= 4 is 61.5 Å². The molecule has 7 heteroatoms. The summed E-state index contributed by atoms with van der Waals surface area (Å²) >= 11 is 12.7. The number of thiocarbonyl (C=S) groups is 1. The van der Waals surface area contributed by atoms with Crippen LogP contribution in [0, 0.1) is 6.92 Å². The number of nitrogens with zero attached hydrogens (tertiary/aromatic N) is 1. The van der Waals surface area contributed by atoms with Crippen LogP contribution in [0.2, 0.25) is 5.02 Å². The van der Waals surface area contributed by atoms with E-state index in [0.29, 0.717) is 15.7 Å². The molecule has 4 nitrogen and oxygen atoms in total. The Morgan fingerprint density at radius 1 is 1.26 bits per heavy atom. The minimum Gasteiger partial charge on any atom is -0.308 e. The number of benzene rings is 2.